The van der Waals surface area contributed by atoms with Gasteiger partial charge in [0.2, 0.25) is 0 Å². The second-order valence-corrected chi connectivity index (χ2v) is 10.1. The van der Waals surface area contributed by atoms with Gasteiger partial charge in [-0.2, -0.15) is 0 Å². The Morgan fingerprint density at radius 2 is 1.84 bits per heavy atom. The second kappa shape index (κ2) is 7.57. The fraction of sp³-hybridized carbons (Fsp3) is 0.739. The molecule has 0 amide bonds. The van der Waals surface area contributed by atoms with E-state index in [1.807, 2.05) is 27.7 Å². The van der Waals surface area contributed by atoms with Crippen LogP contribution in [0, 0.1) is 29.6 Å². The molecule has 0 aliphatic heterocycles. The number of nitrogens with zero attached hydrogens (tertiary/aromatic N) is 3. The Balaban J connectivity index is 1.50. The highest BCUT2D eigenvalue weighted by molar-refractivity contribution is 5.76. The molecule has 4 saturated carbocycles. The molecule has 174 valence electrons. The van der Waals surface area contributed by atoms with Crippen LogP contribution in [-0.4, -0.2) is 37.2 Å². The van der Waals surface area contributed by atoms with Crippen molar-refractivity contribution in [3.05, 3.63) is 26.7 Å². The zero-order chi connectivity index (χ0) is 22.9. The first-order valence-corrected chi connectivity index (χ1v) is 12.0. The molecule has 7 atom stereocenters. The lowest BCUT2D eigenvalue weighted by atomic mass is 9.96. The van der Waals surface area contributed by atoms with Gasteiger partial charge >= 0.3 is 11.7 Å². The summed E-state index contributed by atoms with van der Waals surface area (Å²) in [5.74, 6) is 2.07. The zero-order valence-electron chi connectivity index (χ0n) is 19.2. The number of nitrogens with one attached hydrogen (secondary N) is 1. The highest BCUT2D eigenvalue weighted by Gasteiger charge is 2.75. The van der Waals surface area contributed by atoms with E-state index in [1.165, 1.54) is 4.57 Å². The van der Waals surface area contributed by atoms with Crippen LogP contribution < -0.4 is 17.0 Å². The van der Waals surface area contributed by atoms with Crippen LogP contribution in [0.1, 0.15) is 58.7 Å². The summed E-state index contributed by atoms with van der Waals surface area (Å²) in [6.45, 7) is 8.68. The van der Waals surface area contributed by atoms with Crippen LogP contribution in [0.4, 0.5) is 0 Å². The Morgan fingerprint density at radius 1 is 1.16 bits per heavy atom. The van der Waals surface area contributed by atoms with Crippen LogP contribution in [0.5, 0.6) is 0 Å². The van der Waals surface area contributed by atoms with E-state index >= 15 is 0 Å². The molecule has 9 nitrogen and oxygen atoms in total. The molecule has 4 aliphatic rings. The molecule has 0 radical (unpaired) electrons. The molecule has 2 aromatic heterocycles. The van der Waals surface area contributed by atoms with Crippen molar-refractivity contribution in [2.45, 2.75) is 78.1 Å². The molecule has 3 N–H and O–H groups in total. The van der Waals surface area contributed by atoms with E-state index in [-0.39, 0.29) is 41.1 Å². The Morgan fingerprint density at radius 3 is 2.47 bits per heavy atom. The van der Waals surface area contributed by atoms with E-state index in [1.54, 1.807) is 4.57 Å². The van der Waals surface area contributed by atoms with Gasteiger partial charge in [-0.25, -0.2) is 9.78 Å². The lowest BCUT2D eigenvalue weighted by Crippen LogP contribution is -2.40. The summed E-state index contributed by atoms with van der Waals surface area (Å²) < 4.78 is 8.83. The van der Waals surface area contributed by atoms with E-state index in [9.17, 15) is 14.4 Å². The Hall–Kier alpha value is -2.42. The number of aryl methyl sites for hydroxylation is 1. The van der Waals surface area contributed by atoms with E-state index in [0.29, 0.717) is 48.4 Å². The standard InChI is InChI=1S/C23H33N5O4/c1-5-7-27-20-17(21(29)28(8-6-2)23(27)31)25-19(26-20)15-12-9-11-13(15)14(11)18(12)32-22(30)16(24)10(3)4/h10-16,18H,5-9,24H2,1-4H3,(H,25,26). The molecule has 7 unspecified atom stereocenters. The minimum Gasteiger partial charge on any atom is -0.461 e. The van der Waals surface area contributed by atoms with E-state index in [2.05, 4.69) is 4.98 Å². The molecule has 0 spiro atoms. The maximum atomic E-state index is 13.1. The first-order valence-electron chi connectivity index (χ1n) is 12.0. The molecule has 4 fully saturated rings. The summed E-state index contributed by atoms with van der Waals surface area (Å²) in [5, 5.41) is 0. The van der Waals surface area contributed by atoms with E-state index in [4.69, 9.17) is 15.5 Å². The third kappa shape index (κ3) is 2.93. The molecular formula is C23H33N5O4. The lowest BCUT2D eigenvalue weighted by Gasteiger charge is -2.22. The van der Waals surface area contributed by atoms with Crippen LogP contribution in [0.2, 0.25) is 0 Å². The average Bonchev–Trinajstić information content (AvgIpc) is 3.16. The number of imidazole rings is 1. The first kappa shape index (κ1) is 21.4. The number of esters is 1. The van der Waals surface area contributed by atoms with Gasteiger partial charge in [0.1, 0.15) is 23.5 Å². The molecule has 2 aromatic rings. The van der Waals surface area contributed by atoms with Crippen LogP contribution >= 0.6 is 0 Å². The van der Waals surface area contributed by atoms with Gasteiger partial charge in [0.05, 0.1) is 0 Å². The van der Waals surface area contributed by atoms with Gasteiger partial charge in [0, 0.05) is 30.8 Å². The SMILES string of the molecule is CCCn1c(=O)c2[nH]c(C3C4CC5C(C4OC(=O)C(N)C(C)C)C53)nc2n(CCC)c1=O. The Labute approximate surface area is 186 Å². The molecule has 4 bridgehead atoms. The third-order valence-electron chi connectivity index (χ3n) is 7.85. The number of carbonyl (C=O) groups excluding carboxylic acids is 1. The van der Waals surface area contributed by atoms with Gasteiger partial charge < -0.3 is 15.5 Å². The number of hydrogen-bond donors (Lipinski definition) is 2. The molecule has 4 aliphatic carbocycles. The van der Waals surface area contributed by atoms with Crippen LogP contribution in [0.15, 0.2) is 9.59 Å². The van der Waals surface area contributed by atoms with Crippen molar-refractivity contribution in [1.82, 2.24) is 19.1 Å². The largest absolute Gasteiger partial charge is 0.461 e. The van der Waals surface area contributed by atoms with E-state index in [0.717, 1.165) is 18.7 Å². The maximum Gasteiger partial charge on any atom is 0.332 e. The van der Waals surface area contributed by atoms with Crippen molar-refractivity contribution >= 4 is 17.1 Å². The zero-order valence-corrected chi connectivity index (χ0v) is 19.2. The number of fused-ring (bicyclic) bond motifs is 1. The predicted octanol–water partition coefficient (Wildman–Crippen LogP) is 1.58. The minimum atomic E-state index is -0.616. The molecule has 2 heterocycles. The van der Waals surface area contributed by atoms with Crippen molar-refractivity contribution in [2.24, 2.45) is 35.3 Å². The van der Waals surface area contributed by atoms with Crippen LogP contribution in [-0.2, 0) is 22.6 Å². The highest BCUT2D eigenvalue weighted by Crippen LogP contribution is 2.76. The quantitative estimate of drug-likeness (QED) is 0.597. The predicted molar refractivity (Wildman–Crippen MR) is 119 cm³/mol. The monoisotopic (exact) mass is 443 g/mol. The fourth-order valence-corrected chi connectivity index (χ4v) is 6.31. The molecule has 0 aromatic carbocycles. The van der Waals surface area contributed by atoms with Crippen molar-refractivity contribution in [1.29, 1.82) is 0 Å². The van der Waals surface area contributed by atoms with Crippen molar-refractivity contribution in [2.75, 3.05) is 0 Å². The molecule has 6 rings (SSSR count). The topological polar surface area (TPSA) is 125 Å². The smallest absolute Gasteiger partial charge is 0.332 e. The maximum absolute atomic E-state index is 13.1. The van der Waals surface area contributed by atoms with E-state index < -0.39 is 6.04 Å². The molecular weight excluding hydrogens is 410 g/mol. The summed E-state index contributed by atoms with van der Waals surface area (Å²) in [5.41, 5.74) is 6.25. The number of ether oxygens (including phenoxy) is 1. The number of H-pyrrole nitrogens is 1. The average molecular weight is 444 g/mol. The molecule has 0 saturated heterocycles. The van der Waals surface area contributed by atoms with Gasteiger partial charge in [0.25, 0.3) is 5.56 Å². The minimum absolute atomic E-state index is 0.0284. The summed E-state index contributed by atoms with van der Waals surface area (Å²) >= 11 is 0. The lowest BCUT2D eigenvalue weighted by molar-refractivity contribution is -0.153. The van der Waals surface area contributed by atoms with Gasteiger partial charge in [0.15, 0.2) is 5.65 Å². The molecule has 9 heteroatoms. The highest BCUT2D eigenvalue weighted by atomic mass is 16.5. The number of aromatic nitrogens is 4. The van der Waals surface area contributed by atoms with Crippen LogP contribution in [0.25, 0.3) is 11.2 Å². The number of nitrogens with two attached hydrogens (primary N) is 1. The summed E-state index contributed by atoms with van der Waals surface area (Å²) in [6, 6.07) is -0.616. The van der Waals surface area contributed by atoms with Gasteiger partial charge in [-0.1, -0.05) is 27.7 Å². The normalized spacial score (nSPS) is 30.9. The first-order chi connectivity index (χ1) is 15.3. The van der Waals surface area contributed by atoms with Crippen LogP contribution in [0.3, 0.4) is 0 Å². The summed E-state index contributed by atoms with van der Waals surface area (Å²) in [6.07, 6.45) is 2.35. The summed E-state index contributed by atoms with van der Waals surface area (Å²) in [7, 11) is 0. The Kier molecular flexibility index (Phi) is 5.07. The van der Waals surface area contributed by atoms with Gasteiger partial charge in [-0.15, -0.1) is 0 Å². The van der Waals surface area contributed by atoms with Gasteiger partial charge in [-0.3, -0.25) is 18.7 Å². The number of aromatic amines is 1. The summed E-state index contributed by atoms with van der Waals surface area (Å²) in [4.78, 5) is 46.6. The van der Waals surface area contributed by atoms with Crippen molar-refractivity contribution < 1.29 is 9.53 Å². The number of rotatable bonds is 8. The van der Waals surface area contributed by atoms with Gasteiger partial charge in [-0.05, 0) is 37.0 Å². The number of carbonyl (C=O) groups is 1. The fourth-order valence-electron chi connectivity index (χ4n) is 6.31. The third-order valence-corrected chi connectivity index (χ3v) is 7.85. The molecule has 32 heavy (non-hydrogen) atoms. The Bertz CT molecular complexity index is 1180. The van der Waals surface area contributed by atoms with Crippen molar-refractivity contribution in [3.63, 3.8) is 0 Å². The van der Waals surface area contributed by atoms with Crippen molar-refractivity contribution in [3.8, 4) is 0 Å². The number of hydrogen-bond acceptors (Lipinski definition) is 6. The second-order valence-electron chi connectivity index (χ2n) is 10.1.